The minimum atomic E-state index is -3.19. The first kappa shape index (κ1) is 18.4. The molecule has 2 aromatic rings. The lowest BCUT2D eigenvalue weighted by Crippen LogP contribution is -2.24. The Hall–Kier alpha value is -1.96. The van der Waals surface area contributed by atoms with Gasteiger partial charge in [0.1, 0.15) is 11.8 Å². The van der Waals surface area contributed by atoms with Crippen molar-refractivity contribution in [3.8, 4) is 0 Å². The molecule has 0 saturated heterocycles. The van der Waals surface area contributed by atoms with E-state index in [9.17, 15) is 13.2 Å². The Morgan fingerprint density at radius 1 is 1.17 bits per heavy atom. The van der Waals surface area contributed by atoms with E-state index in [0.717, 1.165) is 17.4 Å². The van der Waals surface area contributed by atoms with Gasteiger partial charge in [-0.1, -0.05) is 29.8 Å². The molecule has 0 atom stereocenters. The second-order valence-corrected chi connectivity index (χ2v) is 7.40. The highest BCUT2D eigenvalue weighted by atomic mass is 35.5. The number of halogens is 1. The van der Waals surface area contributed by atoms with Crippen molar-refractivity contribution < 1.29 is 17.9 Å². The van der Waals surface area contributed by atoms with Crippen LogP contribution in [0.2, 0.25) is 5.15 Å². The minimum absolute atomic E-state index is 0.114. The maximum atomic E-state index is 12.0. The van der Waals surface area contributed by atoms with Crippen molar-refractivity contribution in [1.82, 2.24) is 9.71 Å². The average Bonchev–Trinajstić information content (AvgIpc) is 2.53. The number of hydrogen-bond acceptors (Lipinski definition) is 5. The molecule has 1 aromatic carbocycles. The van der Waals surface area contributed by atoms with Gasteiger partial charge in [-0.3, -0.25) is 0 Å². The highest BCUT2D eigenvalue weighted by molar-refractivity contribution is 7.88. The van der Waals surface area contributed by atoms with Crippen LogP contribution >= 0.6 is 11.6 Å². The van der Waals surface area contributed by atoms with Crippen molar-refractivity contribution in [2.75, 3.05) is 12.8 Å². The van der Waals surface area contributed by atoms with Crippen molar-refractivity contribution in [3.05, 3.63) is 64.4 Å². The zero-order chi connectivity index (χ0) is 17.6. The predicted octanol–water partition coefficient (Wildman–Crippen LogP) is 2.18. The number of esters is 1. The molecule has 1 N–H and O–H groups in total. The van der Waals surface area contributed by atoms with Crippen molar-refractivity contribution in [2.24, 2.45) is 0 Å². The van der Waals surface area contributed by atoms with Crippen LogP contribution in [0.25, 0.3) is 0 Å². The smallest absolute Gasteiger partial charge is 0.338 e. The number of benzene rings is 1. The van der Waals surface area contributed by atoms with Crippen LogP contribution in [0, 0.1) is 0 Å². The Morgan fingerprint density at radius 2 is 1.83 bits per heavy atom. The zero-order valence-corrected chi connectivity index (χ0v) is 14.6. The molecule has 0 spiro atoms. The molecule has 8 heteroatoms. The van der Waals surface area contributed by atoms with Gasteiger partial charge in [0.2, 0.25) is 10.0 Å². The summed E-state index contributed by atoms with van der Waals surface area (Å²) in [5, 5.41) is 0.381. The van der Waals surface area contributed by atoms with E-state index < -0.39 is 16.0 Å². The molecule has 0 aliphatic rings. The van der Waals surface area contributed by atoms with Gasteiger partial charge >= 0.3 is 5.97 Å². The van der Waals surface area contributed by atoms with E-state index in [4.69, 9.17) is 16.3 Å². The number of nitrogens with zero attached hydrogens (tertiary/aromatic N) is 1. The van der Waals surface area contributed by atoms with Gasteiger partial charge in [-0.25, -0.2) is 22.9 Å². The topological polar surface area (TPSA) is 85.4 Å². The third-order valence-electron chi connectivity index (χ3n) is 3.13. The van der Waals surface area contributed by atoms with Crippen molar-refractivity contribution >= 4 is 27.6 Å². The summed E-state index contributed by atoms with van der Waals surface area (Å²) in [5.41, 5.74) is 2.09. The summed E-state index contributed by atoms with van der Waals surface area (Å²) in [5.74, 6) is -0.439. The molecule has 0 bridgehead atoms. The van der Waals surface area contributed by atoms with Crippen molar-refractivity contribution in [1.29, 1.82) is 0 Å². The largest absolute Gasteiger partial charge is 0.457 e. The van der Waals surface area contributed by atoms with Crippen LogP contribution in [0.1, 0.15) is 21.5 Å². The molecule has 2 rings (SSSR count). The molecule has 0 radical (unpaired) electrons. The molecule has 24 heavy (non-hydrogen) atoms. The van der Waals surface area contributed by atoms with Gasteiger partial charge in [-0.15, -0.1) is 0 Å². The van der Waals surface area contributed by atoms with Crippen LogP contribution in [0.15, 0.2) is 42.6 Å². The molecule has 1 heterocycles. The Balaban J connectivity index is 1.85. The molecule has 6 nitrogen and oxygen atoms in total. The summed E-state index contributed by atoms with van der Waals surface area (Å²) < 4.78 is 29.6. The fourth-order valence-corrected chi connectivity index (χ4v) is 2.50. The van der Waals surface area contributed by atoms with E-state index in [-0.39, 0.29) is 6.61 Å². The second-order valence-electron chi connectivity index (χ2n) is 5.18. The lowest BCUT2D eigenvalue weighted by Gasteiger charge is -2.06. The third-order valence-corrected chi connectivity index (χ3v) is 4.08. The quantitative estimate of drug-likeness (QED) is 0.598. The number of ether oxygens (including phenoxy) is 1. The van der Waals surface area contributed by atoms with Crippen molar-refractivity contribution in [2.45, 2.75) is 13.0 Å². The van der Waals surface area contributed by atoms with Crippen LogP contribution in [0.3, 0.4) is 0 Å². The Bertz CT molecular complexity index is 790. The molecular weight excluding hydrogens is 352 g/mol. The molecule has 128 valence electrons. The Morgan fingerprint density at radius 3 is 2.42 bits per heavy atom. The molecule has 0 amide bonds. The van der Waals surface area contributed by atoms with E-state index in [0.29, 0.717) is 23.7 Å². The van der Waals surface area contributed by atoms with Gasteiger partial charge in [0.15, 0.2) is 0 Å². The molecule has 0 aliphatic heterocycles. The van der Waals surface area contributed by atoms with Gasteiger partial charge < -0.3 is 4.74 Å². The van der Waals surface area contributed by atoms with E-state index in [1.807, 2.05) is 0 Å². The fraction of sp³-hybridized carbons (Fsp3) is 0.250. The van der Waals surface area contributed by atoms with Crippen LogP contribution in [-0.2, 0) is 27.8 Å². The van der Waals surface area contributed by atoms with Crippen LogP contribution < -0.4 is 4.72 Å². The number of aromatic nitrogens is 1. The maximum absolute atomic E-state index is 12.0. The van der Waals surface area contributed by atoms with Crippen LogP contribution in [0.5, 0.6) is 0 Å². The number of pyridine rings is 1. The molecule has 0 aliphatic carbocycles. The van der Waals surface area contributed by atoms with Crippen molar-refractivity contribution in [3.63, 3.8) is 0 Å². The first-order chi connectivity index (χ1) is 11.3. The normalized spacial score (nSPS) is 11.2. The highest BCUT2D eigenvalue weighted by Crippen LogP contribution is 2.10. The summed E-state index contributed by atoms with van der Waals surface area (Å²) in [4.78, 5) is 15.9. The summed E-state index contributed by atoms with van der Waals surface area (Å²) in [6, 6.07) is 10.2. The highest BCUT2D eigenvalue weighted by Gasteiger charge is 2.08. The maximum Gasteiger partial charge on any atom is 0.338 e. The van der Waals surface area contributed by atoms with Gasteiger partial charge in [0.25, 0.3) is 0 Å². The molecule has 0 saturated carbocycles. The lowest BCUT2D eigenvalue weighted by atomic mass is 10.1. The van der Waals surface area contributed by atoms with E-state index in [2.05, 4.69) is 9.71 Å². The average molecular weight is 369 g/mol. The number of nitrogens with one attached hydrogen (secondary N) is 1. The fourth-order valence-electron chi connectivity index (χ4n) is 1.91. The first-order valence-corrected chi connectivity index (χ1v) is 9.41. The van der Waals surface area contributed by atoms with Gasteiger partial charge in [0, 0.05) is 18.3 Å². The first-order valence-electron chi connectivity index (χ1n) is 7.14. The molecule has 1 aromatic heterocycles. The number of rotatable bonds is 7. The monoisotopic (exact) mass is 368 g/mol. The molecule has 0 fully saturated rings. The Labute approximate surface area is 145 Å². The second kappa shape index (κ2) is 8.23. The number of hydrogen-bond donors (Lipinski definition) is 1. The number of carbonyl (C=O) groups is 1. The molecular formula is C16H17ClN2O4S. The standard InChI is InChI=1S/C16H17ClN2O4S/c1-24(21,22)19-9-8-12-2-5-14(6-3-12)16(20)23-11-13-4-7-15(17)18-10-13/h2-7,10,19H,8-9,11H2,1H3. The van der Waals surface area contributed by atoms with Crippen LogP contribution in [-0.4, -0.2) is 32.2 Å². The minimum Gasteiger partial charge on any atom is -0.457 e. The van der Waals surface area contributed by atoms with Gasteiger partial charge in [-0.05, 0) is 30.2 Å². The van der Waals surface area contributed by atoms with Gasteiger partial charge in [-0.2, -0.15) is 0 Å². The van der Waals surface area contributed by atoms with E-state index in [1.54, 1.807) is 42.6 Å². The summed E-state index contributed by atoms with van der Waals surface area (Å²) in [6.07, 6.45) is 3.20. The summed E-state index contributed by atoms with van der Waals surface area (Å²) >= 11 is 5.69. The van der Waals surface area contributed by atoms with Crippen LogP contribution in [0.4, 0.5) is 0 Å². The predicted molar refractivity (Wildman–Crippen MR) is 91.4 cm³/mol. The zero-order valence-electron chi connectivity index (χ0n) is 13.0. The lowest BCUT2D eigenvalue weighted by molar-refractivity contribution is 0.0472. The SMILES string of the molecule is CS(=O)(=O)NCCc1ccc(C(=O)OCc2ccc(Cl)nc2)cc1. The van der Waals surface area contributed by atoms with E-state index >= 15 is 0 Å². The number of carbonyl (C=O) groups excluding carboxylic acids is 1. The number of sulfonamides is 1. The van der Waals surface area contributed by atoms with Gasteiger partial charge in [0.05, 0.1) is 11.8 Å². The third kappa shape index (κ3) is 6.27. The summed E-state index contributed by atoms with van der Waals surface area (Å²) in [6.45, 7) is 0.426. The molecule has 0 unspecified atom stereocenters. The van der Waals surface area contributed by atoms with E-state index in [1.165, 1.54) is 0 Å². The Kier molecular flexibility index (Phi) is 6.30. The summed E-state index contributed by atoms with van der Waals surface area (Å²) in [7, 11) is -3.19.